The minimum atomic E-state index is -5.38. The third kappa shape index (κ3) is 3.68. The number of hydrogen-bond donors (Lipinski definition) is 0. The van der Waals surface area contributed by atoms with Gasteiger partial charge in [-0.25, -0.2) is 0 Å². The normalized spacial score (nSPS) is 13.4. The molecule has 0 saturated carbocycles. The zero-order valence-electron chi connectivity index (χ0n) is 9.04. The molecule has 1 aromatic carbocycles. The van der Waals surface area contributed by atoms with Crippen molar-refractivity contribution in [2.45, 2.75) is 17.2 Å². The Bertz CT molecular complexity index is 526. The van der Waals surface area contributed by atoms with Gasteiger partial charge in [0.05, 0.1) is 11.1 Å². The summed E-state index contributed by atoms with van der Waals surface area (Å²) in [4.78, 5) is 6.80. The quantitative estimate of drug-likeness (QED) is 0.411. The Balaban J connectivity index is 3.52. The number of carbonyl (C=O) groups excluding carboxylic acids is 1. The predicted molar refractivity (Wildman–Crippen MR) is 54.7 cm³/mol. The molecule has 0 aliphatic heterocycles. The Morgan fingerprint density at radius 1 is 0.900 bits per heavy atom. The van der Waals surface area contributed by atoms with Crippen molar-refractivity contribution in [3.8, 4) is 0 Å². The summed E-state index contributed by atoms with van der Waals surface area (Å²) in [6, 6.07) is -0.184. The van der Waals surface area contributed by atoms with E-state index in [9.17, 15) is 39.9 Å². The van der Waals surface area contributed by atoms with E-state index in [1.807, 2.05) is 0 Å². The molecule has 0 unspecified atom stereocenters. The van der Waals surface area contributed by atoms with E-state index in [4.69, 9.17) is 0 Å². The van der Waals surface area contributed by atoms with Crippen LogP contribution >= 0.6 is 15.9 Å². The summed E-state index contributed by atoms with van der Waals surface area (Å²) in [6.45, 7) is 0. The zero-order chi connectivity index (χ0) is 15.9. The van der Waals surface area contributed by atoms with Crippen molar-refractivity contribution in [1.82, 2.24) is 0 Å². The number of benzene rings is 1. The van der Waals surface area contributed by atoms with E-state index in [0.29, 0.717) is 0 Å². The van der Waals surface area contributed by atoms with Crippen LogP contribution in [0.2, 0.25) is 0 Å². The van der Waals surface area contributed by atoms with Gasteiger partial charge in [-0.15, -0.1) is 0 Å². The average Bonchev–Trinajstić information content (AvgIpc) is 2.23. The highest BCUT2D eigenvalue weighted by molar-refractivity contribution is 9.10. The molecule has 1 rings (SSSR count). The molecule has 0 bridgehead atoms. The van der Waals surface area contributed by atoms with Crippen LogP contribution in [0.4, 0.5) is 35.1 Å². The van der Waals surface area contributed by atoms with Crippen molar-refractivity contribution in [2.75, 3.05) is 0 Å². The van der Waals surface area contributed by atoms with Crippen molar-refractivity contribution in [3.63, 3.8) is 0 Å². The standard InChI is InChI=1S/C10H3BrF8O/c11-8(12,13)7(20)5-2-1-4(9(14,15)16)3-6(5)10(17,18)19/h1-3H. The van der Waals surface area contributed by atoms with Gasteiger partial charge in [-0.3, -0.25) is 4.79 Å². The molecule has 112 valence electrons. The molecule has 20 heavy (non-hydrogen) atoms. The largest absolute Gasteiger partial charge is 0.417 e. The van der Waals surface area contributed by atoms with Crippen molar-refractivity contribution in [2.24, 2.45) is 0 Å². The molecule has 0 aliphatic carbocycles. The molecule has 0 amide bonds. The first-order chi connectivity index (χ1) is 8.74. The molecule has 10 heteroatoms. The zero-order valence-corrected chi connectivity index (χ0v) is 10.6. The Labute approximate surface area is 114 Å². The molecule has 0 saturated heterocycles. The first-order valence-electron chi connectivity index (χ1n) is 4.64. The molecule has 0 fully saturated rings. The lowest BCUT2D eigenvalue weighted by atomic mass is 10.00. The molecule has 0 N–H and O–H groups in total. The predicted octanol–water partition coefficient (Wildman–Crippen LogP) is 4.89. The van der Waals surface area contributed by atoms with Crippen LogP contribution < -0.4 is 0 Å². The fraction of sp³-hybridized carbons (Fsp3) is 0.300. The van der Waals surface area contributed by atoms with E-state index in [-0.39, 0.29) is 18.2 Å². The third-order valence-electron chi connectivity index (χ3n) is 2.15. The van der Waals surface area contributed by atoms with Gasteiger partial charge in [-0.2, -0.15) is 35.1 Å². The molecule has 0 atom stereocenters. The van der Waals surface area contributed by atoms with Gasteiger partial charge < -0.3 is 0 Å². The molecular formula is C10H3BrF8O. The summed E-state index contributed by atoms with van der Waals surface area (Å²) in [7, 11) is 0. The van der Waals surface area contributed by atoms with E-state index in [1.54, 1.807) is 15.9 Å². The Kier molecular flexibility index (Phi) is 4.19. The number of ketones is 1. The number of rotatable bonds is 2. The minimum absolute atomic E-state index is 0.0726. The van der Waals surface area contributed by atoms with Crippen LogP contribution in [0.3, 0.4) is 0 Å². The Morgan fingerprint density at radius 2 is 1.40 bits per heavy atom. The monoisotopic (exact) mass is 370 g/mol. The molecule has 1 aromatic rings. The van der Waals surface area contributed by atoms with Crippen LogP contribution in [0.25, 0.3) is 0 Å². The molecule has 0 heterocycles. The van der Waals surface area contributed by atoms with Gasteiger partial charge in [0.15, 0.2) is 0 Å². The first-order valence-corrected chi connectivity index (χ1v) is 5.44. The van der Waals surface area contributed by atoms with Gasteiger partial charge in [0.2, 0.25) is 5.78 Å². The second-order valence-electron chi connectivity index (χ2n) is 3.58. The number of alkyl halides is 9. The number of halogens is 9. The van der Waals surface area contributed by atoms with Crippen LogP contribution in [-0.2, 0) is 12.4 Å². The van der Waals surface area contributed by atoms with Gasteiger partial charge >= 0.3 is 17.2 Å². The molecule has 0 spiro atoms. The van der Waals surface area contributed by atoms with Crippen LogP contribution in [0, 0.1) is 0 Å². The second kappa shape index (κ2) is 4.97. The van der Waals surface area contributed by atoms with Crippen molar-refractivity contribution in [3.05, 3.63) is 34.9 Å². The fourth-order valence-electron chi connectivity index (χ4n) is 1.31. The van der Waals surface area contributed by atoms with Gasteiger partial charge in [-0.05, 0) is 34.1 Å². The van der Waals surface area contributed by atoms with Crippen LogP contribution in [0.15, 0.2) is 18.2 Å². The molecule has 0 radical (unpaired) electrons. The topological polar surface area (TPSA) is 17.1 Å². The van der Waals surface area contributed by atoms with Crippen molar-refractivity contribution < 1.29 is 39.9 Å². The van der Waals surface area contributed by atoms with Gasteiger partial charge in [0, 0.05) is 5.56 Å². The Morgan fingerprint density at radius 3 is 1.75 bits per heavy atom. The van der Waals surface area contributed by atoms with Crippen LogP contribution in [0.1, 0.15) is 21.5 Å². The summed E-state index contributed by atoms with van der Waals surface area (Å²) in [5, 5.41) is 0. The van der Waals surface area contributed by atoms with Crippen LogP contribution in [-0.4, -0.2) is 10.6 Å². The lowest BCUT2D eigenvalue weighted by molar-refractivity contribution is -0.143. The molecule has 1 nitrogen and oxygen atoms in total. The SMILES string of the molecule is O=C(c1ccc(C(F)(F)F)cc1C(F)(F)F)C(F)(F)Br. The maximum atomic E-state index is 12.7. The maximum Gasteiger partial charge on any atom is 0.417 e. The minimum Gasteiger partial charge on any atom is -0.286 e. The van der Waals surface area contributed by atoms with Gasteiger partial charge in [0.25, 0.3) is 0 Å². The molecular weight excluding hydrogens is 368 g/mol. The summed E-state index contributed by atoms with van der Waals surface area (Å²) in [6.07, 6.45) is -10.5. The lowest BCUT2D eigenvalue weighted by Crippen LogP contribution is -2.25. The number of Topliss-reactive ketones (excluding diaryl/α,β-unsaturated/α-hetero) is 1. The van der Waals surface area contributed by atoms with E-state index in [0.717, 1.165) is 0 Å². The van der Waals surface area contributed by atoms with E-state index in [1.165, 1.54) is 0 Å². The van der Waals surface area contributed by atoms with Gasteiger partial charge in [0.1, 0.15) is 0 Å². The highest BCUT2D eigenvalue weighted by atomic mass is 79.9. The van der Waals surface area contributed by atoms with E-state index < -0.39 is 39.7 Å². The summed E-state index contributed by atoms with van der Waals surface area (Å²) in [5.74, 6) is -2.28. The second-order valence-corrected chi connectivity index (χ2v) is 4.58. The number of carbonyl (C=O) groups is 1. The summed E-state index contributed by atoms with van der Waals surface area (Å²) in [5.41, 5.74) is -5.32. The van der Waals surface area contributed by atoms with E-state index >= 15 is 0 Å². The first kappa shape index (κ1) is 16.9. The lowest BCUT2D eigenvalue weighted by Gasteiger charge is -2.16. The molecule has 0 aromatic heterocycles. The summed E-state index contributed by atoms with van der Waals surface area (Å²) < 4.78 is 100. The third-order valence-corrected chi connectivity index (χ3v) is 2.51. The average molecular weight is 371 g/mol. The fourth-order valence-corrected chi connectivity index (χ4v) is 1.52. The Hall–Kier alpha value is -1.19. The van der Waals surface area contributed by atoms with Crippen LogP contribution in [0.5, 0.6) is 0 Å². The smallest absolute Gasteiger partial charge is 0.286 e. The van der Waals surface area contributed by atoms with Crippen molar-refractivity contribution >= 4 is 21.7 Å². The summed E-state index contributed by atoms with van der Waals surface area (Å²) >= 11 is 1.57. The maximum absolute atomic E-state index is 12.7. The molecule has 0 aliphatic rings. The van der Waals surface area contributed by atoms with Gasteiger partial charge in [-0.1, -0.05) is 0 Å². The highest BCUT2D eigenvalue weighted by Crippen LogP contribution is 2.39. The van der Waals surface area contributed by atoms with E-state index in [2.05, 4.69) is 0 Å². The number of hydrogen-bond acceptors (Lipinski definition) is 1. The van der Waals surface area contributed by atoms with Crippen molar-refractivity contribution in [1.29, 1.82) is 0 Å². The highest BCUT2D eigenvalue weighted by Gasteiger charge is 2.44.